The lowest BCUT2D eigenvalue weighted by Gasteiger charge is -2.45. The highest BCUT2D eigenvalue weighted by molar-refractivity contribution is 6.17. The van der Waals surface area contributed by atoms with Gasteiger partial charge in [-0.2, -0.15) is 0 Å². The molecule has 1 spiro atoms. The number of nitrogens with one attached hydrogen (secondary N) is 1. The predicted molar refractivity (Wildman–Crippen MR) is 126 cm³/mol. The van der Waals surface area contributed by atoms with Crippen molar-refractivity contribution in [3.63, 3.8) is 0 Å². The molecule has 34 heavy (non-hydrogen) atoms. The van der Waals surface area contributed by atoms with Gasteiger partial charge in [-0.25, -0.2) is 4.79 Å². The van der Waals surface area contributed by atoms with E-state index in [-0.39, 0.29) is 29.2 Å². The monoisotopic (exact) mass is 466 g/mol. The third-order valence-electron chi connectivity index (χ3n) is 7.92. The van der Waals surface area contributed by atoms with Crippen molar-refractivity contribution in [2.24, 2.45) is 11.8 Å². The zero-order valence-corrected chi connectivity index (χ0v) is 19.7. The maximum absolute atomic E-state index is 14.1. The molecule has 5 rings (SSSR count). The number of benzene rings is 1. The number of carboxylic acid groups (broad SMARTS) is 1. The van der Waals surface area contributed by atoms with Gasteiger partial charge in [-0.15, -0.1) is 0 Å². The van der Waals surface area contributed by atoms with Crippen LogP contribution in [0.2, 0.25) is 0 Å². The van der Waals surface area contributed by atoms with Crippen molar-refractivity contribution in [1.82, 2.24) is 4.90 Å². The van der Waals surface area contributed by atoms with E-state index < -0.39 is 11.5 Å². The first-order valence-electron chi connectivity index (χ1n) is 11.7. The lowest BCUT2D eigenvalue weighted by molar-refractivity contribution is -0.134. The average Bonchev–Trinajstić information content (AvgIpc) is 3.56. The zero-order valence-electron chi connectivity index (χ0n) is 19.7. The van der Waals surface area contributed by atoms with Gasteiger partial charge in [-0.3, -0.25) is 9.69 Å². The molecule has 0 aliphatic carbocycles. The number of carbonyl (C=O) groups is 2. The van der Waals surface area contributed by atoms with Gasteiger partial charge in [0.2, 0.25) is 0 Å². The Hall–Kier alpha value is -3.26. The van der Waals surface area contributed by atoms with Gasteiger partial charge >= 0.3 is 5.97 Å². The van der Waals surface area contributed by atoms with Crippen molar-refractivity contribution in [2.75, 3.05) is 32.6 Å². The Morgan fingerprint density at radius 3 is 2.82 bits per heavy atom. The van der Waals surface area contributed by atoms with Crippen LogP contribution in [0.5, 0.6) is 5.75 Å². The van der Waals surface area contributed by atoms with Crippen LogP contribution in [0, 0.1) is 11.8 Å². The number of ketones is 1. The van der Waals surface area contributed by atoms with Gasteiger partial charge < -0.3 is 24.3 Å². The van der Waals surface area contributed by atoms with Crippen molar-refractivity contribution in [2.45, 2.75) is 37.8 Å². The fourth-order valence-electron chi connectivity index (χ4n) is 6.30. The Balaban J connectivity index is 1.54. The Morgan fingerprint density at radius 2 is 2.18 bits per heavy atom. The summed E-state index contributed by atoms with van der Waals surface area (Å²) in [5.74, 6) is -0.425. The molecular weight excluding hydrogens is 436 g/mol. The van der Waals surface area contributed by atoms with E-state index in [4.69, 9.17) is 13.9 Å². The van der Waals surface area contributed by atoms with Crippen LogP contribution in [-0.2, 0) is 9.53 Å². The summed E-state index contributed by atoms with van der Waals surface area (Å²) in [6.07, 6.45) is 6.68. The summed E-state index contributed by atoms with van der Waals surface area (Å²) in [5.41, 5.74) is 2.44. The van der Waals surface area contributed by atoms with E-state index in [1.807, 2.05) is 18.2 Å². The number of hydrogen-bond acceptors (Lipinski definition) is 7. The highest BCUT2D eigenvalue weighted by Crippen LogP contribution is 2.52. The molecule has 2 saturated heterocycles. The minimum atomic E-state index is -0.966. The Kier molecular flexibility index (Phi) is 5.64. The summed E-state index contributed by atoms with van der Waals surface area (Å²) in [5, 5.41) is 13.4. The summed E-state index contributed by atoms with van der Waals surface area (Å²) >= 11 is 0. The van der Waals surface area contributed by atoms with Crippen molar-refractivity contribution in [3.8, 4) is 16.9 Å². The minimum Gasteiger partial charge on any atom is -0.504 e. The summed E-state index contributed by atoms with van der Waals surface area (Å²) in [6, 6.07) is 5.59. The topological polar surface area (TPSA) is 101 Å². The van der Waals surface area contributed by atoms with Gasteiger partial charge in [0.05, 0.1) is 44.1 Å². The second kappa shape index (κ2) is 8.51. The van der Waals surface area contributed by atoms with E-state index in [0.717, 1.165) is 36.3 Å². The van der Waals surface area contributed by atoms with Gasteiger partial charge in [-0.1, -0.05) is 13.3 Å². The first-order valence-corrected chi connectivity index (χ1v) is 11.7. The first kappa shape index (κ1) is 22.5. The number of Topliss-reactive ketones (excluding diaryl/α,β-unsaturated/α-hetero) is 1. The number of rotatable bonds is 6. The molecule has 0 radical (unpaired) electrons. The van der Waals surface area contributed by atoms with E-state index >= 15 is 0 Å². The molecule has 2 fully saturated rings. The largest absolute Gasteiger partial charge is 0.504 e. The Bertz CT molecular complexity index is 1140. The maximum atomic E-state index is 14.1. The molecule has 180 valence electrons. The molecule has 0 bridgehead atoms. The molecule has 3 aliphatic rings. The molecule has 8 heteroatoms. The third kappa shape index (κ3) is 3.23. The summed E-state index contributed by atoms with van der Waals surface area (Å²) in [7, 11) is 3.05. The number of fused-ring (bicyclic) bond motifs is 3. The standard InChI is InChI=1S/C26H30N2O6/c1-4-15-12-28-9-8-26(21(28)11-18(15)19(14-32-2)25(30)31)24(29)22-20(27-26)6-5-17(23(22)33-3)16-7-10-34-13-16/h5-7,10,13-15,18,21,27H,4,8-9,11-12H2,1-3H3,(H,30,31)/b19-14+/t15-,18+,21?,26?/m1/s1. The zero-order chi connectivity index (χ0) is 24.0. The van der Waals surface area contributed by atoms with E-state index in [2.05, 4.69) is 17.1 Å². The number of piperidine rings is 1. The molecule has 2 N–H and O–H groups in total. The number of furan rings is 1. The number of methoxy groups -OCH3 is 2. The van der Waals surface area contributed by atoms with E-state index in [0.29, 0.717) is 24.2 Å². The Labute approximate surface area is 198 Å². The van der Waals surface area contributed by atoms with Crippen LogP contribution < -0.4 is 10.1 Å². The average molecular weight is 467 g/mol. The summed E-state index contributed by atoms with van der Waals surface area (Å²) < 4.78 is 16.1. The van der Waals surface area contributed by atoms with Crippen LogP contribution >= 0.6 is 0 Å². The number of anilines is 1. The van der Waals surface area contributed by atoms with Gasteiger partial charge in [0, 0.05) is 35.9 Å². The fraction of sp³-hybridized carbons (Fsp3) is 0.462. The number of aliphatic carboxylic acids is 1. The number of ether oxygens (including phenoxy) is 2. The fourth-order valence-corrected chi connectivity index (χ4v) is 6.30. The molecule has 4 atom stereocenters. The number of carboxylic acids is 1. The lowest BCUT2D eigenvalue weighted by Crippen LogP contribution is -2.57. The lowest BCUT2D eigenvalue weighted by atomic mass is 9.72. The van der Waals surface area contributed by atoms with Crippen LogP contribution in [-0.4, -0.2) is 60.6 Å². The molecule has 1 aromatic heterocycles. The molecule has 2 aromatic rings. The van der Waals surface area contributed by atoms with Crippen LogP contribution in [0.15, 0.2) is 47.0 Å². The Morgan fingerprint density at radius 1 is 1.35 bits per heavy atom. The maximum Gasteiger partial charge on any atom is 0.334 e. The number of hydrogen-bond donors (Lipinski definition) is 2. The second-order valence-electron chi connectivity index (χ2n) is 9.39. The van der Waals surface area contributed by atoms with Crippen molar-refractivity contribution >= 4 is 17.4 Å². The molecule has 8 nitrogen and oxygen atoms in total. The normalized spacial score (nSPS) is 28.5. The van der Waals surface area contributed by atoms with Gasteiger partial charge in [0.1, 0.15) is 11.3 Å². The SMILES string of the molecule is CC[C@@H]1CN2CCC3(Nc4ccc(-c5ccoc5)c(OC)c4C3=O)C2C[C@@H]1/C(=C\OC)C(=O)O. The molecule has 3 aliphatic heterocycles. The van der Waals surface area contributed by atoms with Crippen molar-refractivity contribution < 1.29 is 28.6 Å². The quantitative estimate of drug-likeness (QED) is 0.486. The van der Waals surface area contributed by atoms with Gasteiger partial charge in [0.15, 0.2) is 5.78 Å². The van der Waals surface area contributed by atoms with Gasteiger partial charge in [0.25, 0.3) is 0 Å². The summed E-state index contributed by atoms with van der Waals surface area (Å²) in [4.78, 5) is 28.5. The number of nitrogens with zero attached hydrogens (tertiary/aromatic N) is 1. The van der Waals surface area contributed by atoms with Crippen molar-refractivity contribution in [1.29, 1.82) is 0 Å². The smallest absolute Gasteiger partial charge is 0.334 e. The molecule has 0 amide bonds. The second-order valence-corrected chi connectivity index (χ2v) is 9.39. The summed E-state index contributed by atoms with van der Waals surface area (Å²) in [6.45, 7) is 3.63. The molecule has 4 heterocycles. The molecule has 2 unspecified atom stereocenters. The van der Waals surface area contributed by atoms with Crippen LogP contribution in [0.4, 0.5) is 5.69 Å². The van der Waals surface area contributed by atoms with E-state index in [1.54, 1.807) is 19.6 Å². The van der Waals surface area contributed by atoms with Crippen molar-refractivity contribution in [3.05, 3.63) is 48.1 Å². The highest BCUT2D eigenvalue weighted by atomic mass is 16.5. The number of carbonyl (C=O) groups excluding carboxylic acids is 1. The van der Waals surface area contributed by atoms with Crippen LogP contribution in [0.25, 0.3) is 11.1 Å². The highest BCUT2D eigenvalue weighted by Gasteiger charge is 2.60. The molecule has 1 aromatic carbocycles. The minimum absolute atomic E-state index is 0.0125. The van der Waals surface area contributed by atoms with E-state index in [9.17, 15) is 14.7 Å². The van der Waals surface area contributed by atoms with Gasteiger partial charge in [-0.05, 0) is 42.9 Å². The molecular formula is C26H30N2O6. The predicted octanol–water partition coefficient (Wildman–Crippen LogP) is 4.04. The van der Waals surface area contributed by atoms with Crippen LogP contribution in [0.3, 0.4) is 0 Å². The van der Waals surface area contributed by atoms with E-state index in [1.165, 1.54) is 13.4 Å². The van der Waals surface area contributed by atoms with Crippen LogP contribution in [0.1, 0.15) is 36.5 Å². The third-order valence-corrected chi connectivity index (χ3v) is 7.92. The first-order chi connectivity index (χ1) is 16.4. The molecule has 0 saturated carbocycles.